The lowest BCUT2D eigenvalue weighted by Crippen LogP contribution is -2.16. The molecule has 2 aromatic rings. The van der Waals surface area contributed by atoms with E-state index in [9.17, 15) is 5.11 Å². The van der Waals surface area contributed by atoms with E-state index in [1.165, 1.54) is 5.56 Å². The first-order chi connectivity index (χ1) is 8.58. The summed E-state index contributed by atoms with van der Waals surface area (Å²) in [6, 6.07) is 8.12. The maximum Gasteiger partial charge on any atom is 0.0762 e. The summed E-state index contributed by atoms with van der Waals surface area (Å²) in [5.41, 5.74) is 3.37. The van der Waals surface area contributed by atoms with Gasteiger partial charge in [0.1, 0.15) is 0 Å². The molecule has 0 spiro atoms. The summed E-state index contributed by atoms with van der Waals surface area (Å²) in [7, 11) is 2.07. The molecule has 0 fully saturated rings. The van der Waals surface area contributed by atoms with Gasteiger partial charge < -0.3 is 10.0 Å². The molecule has 1 aromatic heterocycles. The molecule has 0 saturated carbocycles. The van der Waals surface area contributed by atoms with E-state index in [0.29, 0.717) is 0 Å². The minimum Gasteiger partial charge on any atom is -0.389 e. The summed E-state index contributed by atoms with van der Waals surface area (Å²) in [5, 5.41) is 13.8. The van der Waals surface area contributed by atoms with E-state index in [0.717, 1.165) is 22.3 Å². The topological polar surface area (TPSA) is 23.5 Å². The van der Waals surface area contributed by atoms with Crippen molar-refractivity contribution >= 4 is 33.0 Å². The van der Waals surface area contributed by atoms with Gasteiger partial charge in [-0.1, -0.05) is 6.07 Å². The van der Waals surface area contributed by atoms with Gasteiger partial charge in [-0.05, 0) is 62.9 Å². The summed E-state index contributed by atoms with van der Waals surface area (Å²) >= 11 is 5.29. The van der Waals surface area contributed by atoms with Gasteiger partial charge in [-0.25, -0.2) is 0 Å². The first kappa shape index (κ1) is 13.6. The number of benzene rings is 1. The Morgan fingerprint density at radius 2 is 2.17 bits per heavy atom. The van der Waals surface area contributed by atoms with E-state index in [1.807, 2.05) is 18.2 Å². The van der Waals surface area contributed by atoms with Crippen molar-refractivity contribution in [1.29, 1.82) is 0 Å². The number of halogens is 1. The molecule has 1 N–H and O–H groups in total. The molecule has 0 amide bonds. The zero-order valence-electron chi connectivity index (χ0n) is 10.4. The molecule has 1 atom stereocenters. The van der Waals surface area contributed by atoms with E-state index in [4.69, 9.17) is 0 Å². The van der Waals surface area contributed by atoms with Crippen molar-refractivity contribution in [2.45, 2.75) is 19.6 Å². The SMILES string of the molecule is CC(O)c1ccc(N(C)Cc2ccsc2)c(Br)c1. The van der Waals surface area contributed by atoms with Crippen molar-refractivity contribution in [2.24, 2.45) is 0 Å². The van der Waals surface area contributed by atoms with Crippen LogP contribution in [0, 0.1) is 0 Å². The van der Waals surface area contributed by atoms with Crippen LogP contribution in [0.1, 0.15) is 24.2 Å². The second-order valence-electron chi connectivity index (χ2n) is 4.37. The maximum absolute atomic E-state index is 9.55. The second-order valence-corrected chi connectivity index (χ2v) is 6.01. The van der Waals surface area contributed by atoms with Gasteiger partial charge in [-0.3, -0.25) is 0 Å². The normalized spacial score (nSPS) is 12.4. The Bertz CT molecular complexity index is 511. The van der Waals surface area contributed by atoms with Gasteiger partial charge in [-0.15, -0.1) is 0 Å². The summed E-state index contributed by atoms with van der Waals surface area (Å²) in [6.07, 6.45) is -0.433. The Balaban J connectivity index is 2.17. The molecule has 0 aliphatic heterocycles. The molecule has 0 aliphatic carbocycles. The molecule has 2 rings (SSSR count). The van der Waals surface area contributed by atoms with E-state index in [-0.39, 0.29) is 0 Å². The summed E-state index contributed by atoms with van der Waals surface area (Å²) in [6.45, 7) is 2.66. The molecule has 0 aliphatic rings. The van der Waals surface area contributed by atoms with Crippen molar-refractivity contribution in [3.8, 4) is 0 Å². The van der Waals surface area contributed by atoms with Crippen LogP contribution in [0.15, 0.2) is 39.5 Å². The van der Waals surface area contributed by atoms with Gasteiger partial charge in [0.05, 0.1) is 11.8 Å². The van der Waals surface area contributed by atoms with Gasteiger partial charge in [0.25, 0.3) is 0 Å². The van der Waals surface area contributed by atoms with Crippen LogP contribution in [-0.2, 0) is 6.54 Å². The maximum atomic E-state index is 9.55. The van der Waals surface area contributed by atoms with Crippen LogP contribution in [0.2, 0.25) is 0 Å². The fourth-order valence-electron chi connectivity index (χ4n) is 1.83. The summed E-state index contributed by atoms with van der Waals surface area (Å²) < 4.78 is 1.01. The van der Waals surface area contributed by atoms with Gasteiger partial charge >= 0.3 is 0 Å². The molecule has 1 heterocycles. The van der Waals surface area contributed by atoms with Crippen LogP contribution in [0.25, 0.3) is 0 Å². The third kappa shape index (κ3) is 3.13. The summed E-state index contributed by atoms with van der Waals surface area (Å²) in [5.74, 6) is 0. The lowest BCUT2D eigenvalue weighted by molar-refractivity contribution is 0.199. The summed E-state index contributed by atoms with van der Waals surface area (Å²) in [4.78, 5) is 2.19. The first-order valence-electron chi connectivity index (χ1n) is 5.77. The van der Waals surface area contributed by atoms with E-state index in [2.05, 4.69) is 44.7 Å². The number of hydrogen-bond donors (Lipinski definition) is 1. The van der Waals surface area contributed by atoms with Crippen molar-refractivity contribution in [3.05, 3.63) is 50.6 Å². The second kappa shape index (κ2) is 5.87. The highest BCUT2D eigenvalue weighted by atomic mass is 79.9. The lowest BCUT2D eigenvalue weighted by atomic mass is 10.1. The number of rotatable bonds is 4. The zero-order valence-corrected chi connectivity index (χ0v) is 12.8. The largest absolute Gasteiger partial charge is 0.389 e. The van der Waals surface area contributed by atoms with Gasteiger partial charge in [-0.2, -0.15) is 11.3 Å². The molecular formula is C14H16BrNOS. The predicted molar refractivity (Wildman–Crippen MR) is 81.2 cm³/mol. The molecule has 2 nitrogen and oxygen atoms in total. The van der Waals surface area contributed by atoms with Crippen LogP contribution in [-0.4, -0.2) is 12.2 Å². The highest BCUT2D eigenvalue weighted by Crippen LogP contribution is 2.29. The lowest BCUT2D eigenvalue weighted by Gasteiger charge is -2.21. The average molecular weight is 326 g/mol. The third-order valence-electron chi connectivity index (χ3n) is 2.87. The fourth-order valence-corrected chi connectivity index (χ4v) is 3.19. The Hall–Kier alpha value is -0.840. The Morgan fingerprint density at radius 3 is 2.72 bits per heavy atom. The minimum atomic E-state index is -0.433. The molecule has 4 heteroatoms. The van der Waals surface area contributed by atoms with Crippen molar-refractivity contribution in [1.82, 2.24) is 0 Å². The Kier molecular flexibility index (Phi) is 4.43. The molecule has 0 saturated heterocycles. The Labute approximate surface area is 120 Å². The average Bonchev–Trinajstić information content (AvgIpc) is 2.81. The molecule has 0 radical (unpaired) electrons. The first-order valence-corrected chi connectivity index (χ1v) is 7.51. The zero-order chi connectivity index (χ0) is 13.1. The highest BCUT2D eigenvalue weighted by Gasteiger charge is 2.09. The van der Waals surface area contributed by atoms with Crippen LogP contribution in [0.3, 0.4) is 0 Å². The van der Waals surface area contributed by atoms with E-state index < -0.39 is 6.10 Å². The number of anilines is 1. The quantitative estimate of drug-likeness (QED) is 0.910. The number of thiophene rings is 1. The highest BCUT2D eigenvalue weighted by molar-refractivity contribution is 9.10. The number of aliphatic hydroxyl groups is 1. The van der Waals surface area contributed by atoms with Gasteiger partial charge in [0.2, 0.25) is 0 Å². The van der Waals surface area contributed by atoms with Crippen LogP contribution < -0.4 is 4.90 Å². The minimum absolute atomic E-state index is 0.433. The standard InChI is InChI=1S/C14H16BrNOS/c1-10(17)12-3-4-14(13(15)7-12)16(2)8-11-5-6-18-9-11/h3-7,9-10,17H,8H2,1-2H3. The van der Waals surface area contributed by atoms with E-state index >= 15 is 0 Å². The number of nitrogens with zero attached hydrogens (tertiary/aromatic N) is 1. The Morgan fingerprint density at radius 1 is 1.39 bits per heavy atom. The predicted octanol–water partition coefficient (Wildman–Crippen LogP) is 4.20. The molecule has 18 heavy (non-hydrogen) atoms. The van der Waals surface area contributed by atoms with Gasteiger partial charge in [0, 0.05) is 18.1 Å². The molecule has 96 valence electrons. The molecule has 1 aromatic carbocycles. The van der Waals surface area contributed by atoms with Crippen molar-refractivity contribution in [2.75, 3.05) is 11.9 Å². The molecular weight excluding hydrogens is 310 g/mol. The molecule has 1 unspecified atom stereocenters. The monoisotopic (exact) mass is 325 g/mol. The molecule has 0 bridgehead atoms. The van der Waals surface area contributed by atoms with Crippen LogP contribution in [0.4, 0.5) is 5.69 Å². The van der Waals surface area contributed by atoms with Crippen molar-refractivity contribution < 1.29 is 5.11 Å². The number of aliphatic hydroxyl groups excluding tert-OH is 1. The van der Waals surface area contributed by atoms with Gasteiger partial charge in [0.15, 0.2) is 0 Å². The van der Waals surface area contributed by atoms with Crippen molar-refractivity contribution in [3.63, 3.8) is 0 Å². The third-order valence-corrected chi connectivity index (χ3v) is 4.23. The van der Waals surface area contributed by atoms with Crippen LogP contribution >= 0.6 is 27.3 Å². The van der Waals surface area contributed by atoms with Crippen LogP contribution in [0.5, 0.6) is 0 Å². The fraction of sp³-hybridized carbons (Fsp3) is 0.286. The van der Waals surface area contributed by atoms with E-state index in [1.54, 1.807) is 18.3 Å². The smallest absolute Gasteiger partial charge is 0.0762 e. The number of hydrogen-bond acceptors (Lipinski definition) is 3.